The normalized spacial score (nSPS) is 17.7. The Labute approximate surface area is 123 Å². The first-order valence-electron chi connectivity index (χ1n) is 6.67. The van der Waals surface area contributed by atoms with E-state index < -0.39 is 23.9 Å². The minimum atomic E-state index is -4.64. The Balaban J connectivity index is 2.18. The second-order valence-corrected chi connectivity index (χ2v) is 5.14. The van der Waals surface area contributed by atoms with Crippen molar-refractivity contribution in [1.29, 1.82) is 0 Å². The first kappa shape index (κ1) is 14.8. The standard InChI is InChI=1S/C15H12F4N2O/c16-10-7-9-3-1-2-4-11(9)12(8-10)14(15(17,18)19)21-6-5-13(22)20-21/h1-4,7-8,14H,5-6H2,(H,20,22). The molecule has 1 heterocycles. The molecule has 0 aliphatic carbocycles. The van der Waals surface area contributed by atoms with Gasteiger partial charge in [0.2, 0.25) is 5.91 Å². The molecular weight excluding hydrogens is 300 g/mol. The molecule has 3 nitrogen and oxygen atoms in total. The molecule has 0 aromatic heterocycles. The summed E-state index contributed by atoms with van der Waals surface area (Å²) in [5.41, 5.74) is 1.99. The number of alkyl halides is 3. The third kappa shape index (κ3) is 2.64. The Hall–Kier alpha value is -2.15. The topological polar surface area (TPSA) is 32.3 Å². The number of carbonyl (C=O) groups is 1. The number of hydrogen-bond donors (Lipinski definition) is 1. The Morgan fingerprint density at radius 3 is 2.55 bits per heavy atom. The molecule has 22 heavy (non-hydrogen) atoms. The third-order valence-corrected chi connectivity index (χ3v) is 3.62. The molecule has 2 aromatic carbocycles. The highest BCUT2D eigenvalue weighted by Gasteiger charge is 2.47. The van der Waals surface area contributed by atoms with Crippen molar-refractivity contribution in [3.05, 3.63) is 47.8 Å². The molecule has 0 saturated carbocycles. The van der Waals surface area contributed by atoms with E-state index in [1.807, 2.05) is 0 Å². The molecule has 0 radical (unpaired) electrons. The van der Waals surface area contributed by atoms with E-state index in [2.05, 4.69) is 5.43 Å². The van der Waals surface area contributed by atoms with Crippen molar-refractivity contribution in [2.24, 2.45) is 0 Å². The van der Waals surface area contributed by atoms with E-state index in [0.717, 1.165) is 11.1 Å². The summed E-state index contributed by atoms with van der Waals surface area (Å²) in [7, 11) is 0. The second kappa shape index (κ2) is 5.24. The number of halogens is 4. The van der Waals surface area contributed by atoms with Crippen molar-refractivity contribution in [2.75, 3.05) is 6.54 Å². The van der Waals surface area contributed by atoms with Crippen LogP contribution in [0, 0.1) is 5.82 Å². The molecule has 7 heteroatoms. The summed E-state index contributed by atoms with van der Waals surface area (Å²) in [5.74, 6) is -1.22. The van der Waals surface area contributed by atoms with E-state index in [0.29, 0.717) is 10.8 Å². The van der Waals surface area contributed by atoms with Crippen LogP contribution in [0.1, 0.15) is 18.0 Å². The summed E-state index contributed by atoms with van der Waals surface area (Å²) >= 11 is 0. The second-order valence-electron chi connectivity index (χ2n) is 5.14. The number of nitrogens with one attached hydrogen (secondary N) is 1. The van der Waals surface area contributed by atoms with Crippen molar-refractivity contribution < 1.29 is 22.4 Å². The van der Waals surface area contributed by atoms with Gasteiger partial charge in [-0.05, 0) is 28.5 Å². The SMILES string of the molecule is O=C1CCN(C(c2cc(F)cc3ccccc23)C(F)(F)F)N1. The molecular formula is C15H12F4N2O. The van der Waals surface area contributed by atoms with Gasteiger partial charge >= 0.3 is 6.18 Å². The fourth-order valence-electron chi connectivity index (χ4n) is 2.74. The van der Waals surface area contributed by atoms with Crippen molar-refractivity contribution in [1.82, 2.24) is 10.4 Å². The lowest BCUT2D eigenvalue weighted by Gasteiger charge is -2.30. The lowest BCUT2D eigenvalue weighted by Crippen LogP contribution is -2.43. The van der Waals surface area contributed by atoms with Gasteiger partial charge in [0.05, 0.1) is 0 Å². The number of fused-ring (bicyclic) bond motifs is 1. The molecule has 0 bridgehead atoms. The molecule has 1 amide bonds. The monoisotopic (exact) mass is 312 g/mol. The predicted octanol–water partition coefficient (Wildman–Crippen LogP) is 3.32. The van der Waals surface area contributed by atoms with E-state index in [-0.39, 0.29) is 18.5 Å². The van der Waals surface area contributed by atoms with Gasteiger partial charge in [-0.2, -0.15) is 13.2 Å². The quantitative estimate of drug-likeness (QED) is 0.863. The van der Waals surface area contributed by atoms with E-state index in [1.54, 1.807) is 18.2 Å². The van der Waals surface area contributed by atoms with Gasteiger partial charge in [-0.25, -0.2) is 9.40 Å². The smallest absolute Gasteiger partial charge is 0.288 e. The predicted molar refractivity (Wildman–Crippen MR) is 72.2 cm³/mol. The summed E-state index contributed by atoms with van der Waals surface area (Å²) in [5, 5.41) is 1.52. The van der Waals surface area contributed by atoms with Crippen molar-refractivity contribution >= 4 is 16.7 Å². The third-order valence-electron chi connectivity index (χ3n) is 3.62. The first-order valence-corrected chi connectivity index (χ1v) is 6.67. The van der Waals surface area contributed by atoms with Crippen LogP contribution in [0.25, 0.3) is 10.8 Å². The van der Waals surface area contributed by atoms with Crippen molar-refractivity contribution in [3.8, 4) is 0 Å². The number of hydrogen-bond acceptors (Lipinski definition) is 2. The molecule has 1 aliphatic heterocycles. The number of benzene rings is 2. The minimum absolute atomic E-state index is 0.0141. The zero-order chi connectivity index (χ0) is 15.9. The average Bonchev–Trinajstić information content (AvgIpc) is 2.83. The lowest BCUT2D eigenvalue weighted by molar-refractivity contribution is -0.190. The van der Waals surface area contributed by atoms with Crippen LogP contribution in [0.15, 0.2) is 36.4 Å². The molecule has 2 aromatic rings. The van der Waals surface area contributed by atoms with Crippen LogP contribution in [0.3, 0.4) is 0 Å². The van der Waals surface area contributed by atoms with E-state index in [1.165, 1.54) is 12.1 Å². The van der Waals surface area contributed by atoms with Gasteiger partial charge in [-0.3, -0.25) is 10.2 Å². The van der Waals surface area contributed by atoms with Gasteiger partial charge in [0.1, 0.15) is 5.82 Å². The number of nitrogens with zero attached hydrogens (tertiary/aromatic N) is 1. The summed E-state index contributed by atoms with van der Waals surface area (Å²) < 4.78 is 54.3. The maximum absolute atomic E-state index is 13.7. The highest BCUT2D eigenvalue weighted by molar-refractivity contribution is 5.86. The van der Waals surface area contributed by atoms with E-state index in [9.17, 15) is 22.4 Å². The summed E-state index contributed by atoms with van der Waals surface area (Å²) in [6, 6.07) is 6.28. The molecule has 1 aliphatic rings. The van der Waals surface area contributed by atoms with E-state index in [4.69, 9.17) is 0 Å². The molecule has 1 N–H and O–H groups in total. The summed E-state index contributed by atoms with van der Waals surface area (Å²) in [4.78, 5) is 11.3. The largest absolute Gasteiger partial charge is 0.409 e. The maximum atomic E-state index is 13.7. The molecule has 3 rings (SSSR count). The van der Waals surface area contributed by atoms with Crippen molar-refractivity contribution in [3.63, 3.8) is 0 Å². The highest BCUT2D eigenvalue weighted by atomic mass is 19.4. The number of rotatable bonds is 2. The van der Waals surface area contributed by atoms with Crippen LogP contribution in [-0.2, 0) is 4.79 Å². The van der Waals surface area contributed by atoms with Gasteiger partial charge in [0, 0.05) is 13.0 Å². The maximum Gasteiger partial charge on any atom is 0.409 e. The summed E-state index contributed by atoms with van der Waals surface area (Å²) in [6.07, 6.45) is -4.66. The van der Waals surface area contributed by atoms with Crippen LogP contribution >= 0.6 is 0 Å². The number of amides is 1. The van der Waals surface area contributed by atoms with Crippen LogP contribution in [0.4, 0.5) is 17.6 Å². The minimum Gasteiger partial charge on any atom is -0.288 e. The Bertz CT molecular complexity index is 729. The number of carbonyl (C=O) groups excluding carboxylic acids is 1. The van der Waals surface area contributed by atoms with Crippen LogP contribution in [0.5, 0.6) is 0 Å². The number of hydrazine groups is 1. The average molecular weight is 312 g/mol. The van der Waals surface area contributed by atoms with Gasteiger partial charge in [0.25, 0.3) is 0 Å². The van der Waals surface area contributed by atoms with Crippen LogP contribution in [0.2, 0.25) is 0 Å². The highest BCUT2D eigenvalue weighted by Crippen LogP contribution is 2.41. The first-order chi connectivity index (χ1) is 10.4. The fraction of sp³-hybridized carbons (Fsp3) is 0.267. The molecule has 116 valence electrons. The Morgan fingerprint density at radius 2 is 1.91 bits per heavy atom. The summed E-state index contributed by atoms with van der Waals surface area (Å²) in [6.45, 7) is -0.0755. The molecule has 0 spiro atoms. The Kier molecular flexibility index (Phi) is 3.52. The van der Waals surface area contributed by atoms with E-state index >= 15 is 0 Å². The van der Waals surface area contributed by atoms with Crippen molar-refractivity contribution in [2.45, 2.75) is 18.6 Å². The molecule has 1 saturated heterocycles. The van der Waals surface area contributed by atoms with Crippen LogP contribution in [-0.4, -0.2) is 23.6 Å². The molecule has 1 unspecified atom stereocenters. The molecule has 1 atom stereocenters. The van der Waals surface area contributed by atoms with Gasteiger partial charge in [0.15, 0.2) is 6.04 Å². The zero-order valence-electron chi connectivity index (χ0n) is 11.3. The fourth-order valence-corrected chi connectivity index (χ4v) is 2.74. The van der Waals surface area contributed by atoms with Gasteiger partial charge in [-0.15, -0.1) is 0 Å². The Morgan fingerprint density at radius 1 is 1.18 bits per heavy atom. The van der Waals surface area contributed by atoms with Crippen LogP contribution < -0.4 is 5.43 Å². The van der Waals surface area contributed by atoms with Gasteiger partial charge in [-0.1, -0.05) is 24.3 Å². The van der Waals surface area contributed by atoms with Gasteiger partial charge < -0.3 is 0 Å². The zero-order valence-corrected chi connectivity index (χ0v) is 11.3. The lowest BCUT2D eigenvalue weighted by atomic mass is 9.97. The molecule has 1 fully saturated rings.